The number of carbonyl (C=O) groups excluding carboxylic acids is 1. The Hall–Kier alpha value is -0.810. The van der Waals surface area contributed by atoms with Crippen molar-refractivity contribution in [2.45, 2.75) is 19.3 Å². The van der Waals surface area contributed by atoms with Crippen molar-refractivity contribution >= 4 is 5.97 Å². The summed E-state index contributed by atoms with van der Waals surface area (Å²) in [5.41, 5.74) is 7.85. The summed E-state index contributed by atoms with van der Waals surface area (Å²) in [7, 11) is 5.15. The van der Waals surface area contributed by atoms with Crippen LogP contribution in [0.1, 0.15) is 19.3 Å². The van der Waals surface area contributed by atoms with E-state index in [1.165, 1.54) is 0 Å². The number of esters is 1. The zero-order valence-corrected chi connectivity index (χ0v) is 14.6. The van der Waals surface area contributed by atoms with Gasteiger partial charge in [0, 0.05) is 40.8 Å². The molecule has 9 nitrogen and oxygen atoms in total. The molecule has 138 valence electrons. The second kappa shape index (κ2) is 17.5. The Bertz CT molecular complexity index is 262. The highest BCUT2D eigenvalue weighted by Gasteiger charge is 2.09. The molecule has 0 saturated heterocycles. The van der Waals surface area contributed by atoms with Gasteiger partial charge in [0.2, 0.25) is 0 Å². The van der Waals surface area contributed by atoms with Crippen molar-refractivity contribution in [1.29, 1.82) is 0 Å². The van der Waals surface area contributed by atoms with Gasteiger partial charge in [-0.3, -0.25) is 9.69 Å². The summed E-state index contributed by atoms with van der Waals surface area (Å²) >= 11 is 0. The highest BCUT2D eigenvalue weighted by Crippen LogP contribution is 1.97. The molecule has 0 radical (unpaired) electrons. The van der Waals surface area contributed by atoms with Crippen molar-refractivity contribution < 1.29 is 24.0 Å². The molecule has 23 heavy (non-hydrogen) atoms. The first-order chi connectivity index (χ1) is 11.2. The smallest absolute Gasteiger partial charge is 0.307 e. The fourth-order valence-corrected chi connectivity index (χ4v) is 1.77. The monoisotopic (exact) mass is 336 g/mol. The normalized spacial score (nSPS) is 11.1. The summed E-state index contributed by atoms with van der Waals surface area (Å²) in [5, 5.41) is 0. The molecule has 0 aliphatic heterocycles. The molecule has 0 unspecified atom stereocenters. The van der Waals surface area contributed by atoms with Gasteiger partial charge in [-0.2, -0.15) is 0 Å². The lowest BCUT2D eigenvalue weighted by atomic mass is 10.3. The molecular weight excluding hydrogens is 304 g/mol. The molecule has 0 amide bonds. The van der Waals surface area contributed by atoms with E-state index in [4.69, 9.17) is 19.2 Å². The van der Waals surface area contributed by atoms with Crippen LogP contribution < -0.4 is 16.4 Å². The average molecular weight is 336 g/mol. The molecule has 0 saturated carbocycles. The van der Waals surface area contributed by atoms with Crippen LogP contribution in [0.25, 0.3) is 0 Å². The molecule has 0 aliphatic rings. The van der Waals surface area contributed by atoms with Crippen LogP contribution >= 0.6 is 0 Å². The molecule has 0 aromatic rings. The summed E-state index contributed by atoms with van der Waals surface area (Å²) in [6, 6.07) is 0. The number of nitrogens with zero attached hydrogens (tertiary/aromatic N) is 1. The highest BCUT2D eigenvalue weighted by molar-refractivity contribution is 5.69. The maximum Gasteiger partial charge on any atom is 0.307 e. The number of rotatable bonds is 17. The third-order valence-corrected chi connectivity index (χ3v) is 2.99. The molecule has 0 spiro atoms. The van der Waals surface area contributed by atoms with Gasteiger partial charge in [0.25, 0.3) is 0 Å². The standard InChI is InChI=1S/C14H32N4O5/c1-15-21-11-5-4-10-20-14(19)6-7-18(8-12-22-16-2)9-13-23-17-3/h15-17H,4-13H2,1-3H3. The van der Waals surface area contributed by atoms with Gasteiger partial charge in [0.1, 0.15) is 0 Å². The fourth-order valence-electron chi connectivity index (χ4n) is 1.77. The van der Waals surface area contributed by atoms with Crippen molar-refractivity contribution in [1.82, 2.24) is 21.3 Å². The minimum Gasteiger partial charge on any atom is -0.466 e. The molecule has 0 fully saturated rings. The van der Waals surface area contributed by atoms with Crippen LogP contribution in [-0.4, -0.2) is 78.1 Å². The zero-order valence-electron chi connectivity index (χ0n) is 14.6. The van der Waals surface area contributed by atoms with E-state index < -0.39 is 0 Å². The van der Waals surface area contributed by atoms with Crippen LogP contribution in [-0.2, 0) is 24.0 Å². The number of hydroxylamine groups is 3. The lowest BCUT2D eigenvalue weighted by Crippen LogP contribution is -2.34. The van der Waals surface area contributed by atoms with E-state index in [0.717, 1.165) is 12.8 Å². The first-order valence-corrected chi connectivity index (χ1v) is 7.98. The van der Waals surface area contributed by atoms with Crippen molar-refractivity contribution in [3.8, 4) is 0 Å². The Labute approximate surface area is 138 Å². The van der Waals surface area contributed by atoms with Crippen molar-refractivity contribution in [3.05, 3.63) is 0 Å². The Morgan fingerprint density at radius 2 is 1.30 bits per heavy atom. The van der Waals surface area contributed by atoms with Gasteiger partial charge in [-0.05, 0) is 12.8 Å². The molecule has 3 N–H and O–H groups in total. The van der Waals surface area contributed by atoms with E-state index >= 15 is 0 Å². The van der Waals surface area contributed by atoms with Crippen LogP contribution in [0.3, 0.4) is 0 Å². The number of hydrogen-bond acceptors (Lipinski definition) is 9. The van der Waals surface area contributed by atoms with Gasteiger partial charge in [-0.1, -0.05) is 0 Å². The molecule has 0 aromatic carbocycles. The summed E-state index contributed by atoms with van der Waals surface area (Å²) in [4.78, 5) is 29.0. The molecule has 0 aliphatic carbocycles. The fraction of sp³-hybridized carbons (Fsp3) is 0.929. The van der Waals surface area contributed by atoms with E-state index in [9.17, 15) is 4.79 Å². The van der Waals surface area contributed by atoms with Crippen LogP contribution in [0.5, 0.6) is 0 Å². The minimum atomic E-state index is -0.186. The van der Waals surface area contributed by atoms with Crippen molar-refractivity contribution in [2.24, 2.45) is 0 Å². The predicted octanol–water partition coefficient (Wildman–Crippen LogP) is -0.545. The maximum atomic E-state index is 11.7. The third kappa shape index (κ3) is 15.8. The SMILES string of the molecule is CNOCCCCOC(=O)CCN(CCONC)CCONC. The topological polar surface area (TPSA) is 93.3 Å². The summed E-state index contributed by atoms with van der Waals surface area (Å²) in [5.74, 6) is -0.186. The lowest BCUT2D eigenvalue weighted by Gasteiger charge is -2.21. The Morgan fingerprint density at radius 1 is 0.783 bits per heavy atom. The second-order valence-corrected chi connectivity index (χ2v) is 4.68. The van der Waals surface area contributed by atoms with E-state index in [1.54, 1.807) is 21.1 Å². The predicted molar refractivity (Wildman–Crippen MR) is 86.3 cm³/mol. The first-order valence-electron chi connectivity index (χ1n) is 7.98. The number of hydrogen-bond donors (Lipinski definition) is 3. The Kier molecular flexibility index (Phi) is 16.9. The quantitative estimate of drug-likeness (QED) is 0.184. The van der Waals surface area contributed by atoms with E-state index in [0.29, 0.717) is 52.5 Å². The number of carbonyl (C=O) groups is 1. The van der Waals surface area contributed by atoms with Gasteiger partial charge < -0.3 is 19.2 Å². The lowest BCUT2D eigenvalue weighted by molar-refractivity contribution is -0.144. The summed E-state index contributed by atoms with van der Waals surface area (Å²) < 4.78 is 5.20. The summed E-state index contributed by atoms with van der Waals surface area (Å²) in [6.07, 6.45) is 2.00. The zero-order chi connectivity index (χ0) is 17.2. The van der Waals surface area contributed by atoms with Gasteiger partial charge in [0.15, 0.2) is 0 Å². The largest absolute Gasteiger partial charge is 0.466 e. The first kappa shape index (κ1) is 22.2. The highest BCUT2D eigenvalue weighted by atomic mass is 16.6. The van der Waals surface area contributed by atoms with Gasteiger partial charge >= 0.3 is 5.97 Å². The van der Waals surface area contributed by atoms with Crippen LogP contribution in [0, 0.1) is 0 Å². The van der Waals surface area contributed by atoms with E-state index in [1.807, 2.05) is 0 Å². The third-order valence-electron chi connectivity index (χ3n) is 2.99. The maximum absolute atomic E-state index is 11.7. The molecule has 0 heterocycles. The van der Waals surface area contributed by atoms with Gasteiger partial charge in [0.05, 0.1) is 32.8 Å². The van der Waals surface area contributed by atoms with Crippen molar-refractivity contribution in [2.75, 3.05) is 67.2 Å². The molecule has 0 aromatic heterocycles. The Balaban J connectivity index is 3.76. The van der Waals surface area contributed by atoms with Crippen LogP contribution in [0.15, 0.2) is 0 Å². The van der Waals surface area contributed by atoms with E-state index in [2.05, 4.69) is 21.3 Å². The molecule has 0 bridgehead atoms. The van der Waals surface area contributed by atoms with Gasteiger partial charge in [-0.15, -0.1) is 0 Å². The van der Waals surface area contributed by atoms with E-state index in [-0.39, 0.29) is 5.97 Å². The minimum absolute atomic E-state index is 0.186. The summed E-state index contributed by atoms with van der Waals surface area (Å²) in [6.45, 7) is 4.15. The molecule has 0 atom stereocenters. The van der Waals surface area contributed by atoms with Crippen molar-refractivity contribution in [3.63, 3.8) is 0 Å². The molecule has 0 rings (SSSR count). The molecule has 9 heteroatoms. The van der Waals surface area contributed by atoms with Crippen LogP contribution in [0.4, 0.5) is 0 Å². The number of nitrogens with one attached hydrogen (secondary N) is 3. The van der Waals surface area contributed by atoms with Crippen LogP contribution in [0.2, 0.25) is 0 Å². The number of ether oxygens (including phenoxy) is 1. The van der Waals surface area contributed by atoms with Gasteiger partial charge in [-0.25, -0.2) is 16.4 Å². The molecular formula is C14H32N4O5. The Morgan fingerprint density at radius 3 is 1.87 bits per heavy atom. The average Bonchev–Trinajstić information content (AvgIpc) is 2.55. The number of unbranched alkanes of at least 4 members (excludes halogenated alkanes) is 1. The second-order valence-electron chi connectivity index (χ2n) is 4.68.